The molecule has 1 aliphatic rings. The van der Waals surface area contributed by atoms with Crippen LogP contribution < -0.4 is 10.1 Å². The second-order valence-corrected chi connectivity index (χ2v) is 7.55. The van der Waals surface area contributed by atoms with Gasteiger partial charge >= 0.3 is 0 Å². The number of hydrogen-bond donors (Lipinski definition) is 1. The lowest BCUT2D eigenvalue weighted by Gasteiger charge is -2.28. The third-order valence-corrected chi connectivity index (χ3v) is 5.66. The Morgan fingerprint density at radius 1 is 1.37 bits per heavy atom. The molecule has 2 rings (SSSR count). The van der Waals surface area contributed by atoms with Crippen LogP contribution in [0.4, 0.5) is 0 Å². The molecule has 4 nitrogen and oxygen atoms in total. The Labute approximate surface area is 115 Å². The Bertz CT molecular complexity index is 541. The van der Waals surface area contributed by atoms with Crippen molar-refractivity contribution in [2.45, 2.75) is 12.8 Å². The molecular weight excluding hydrogens is 262 g/mol. The average molecular weight is 283 g/mol. The van der Waals surface area contributed by atoms with Gasteiger partial charge in [-0.25, -0.2) is 8.42 Å². The van der Waals surface area contributed by atoms with Gasteiger partial charge in [-0.3, -0.25) is 0 Å². The van der Waals surface area contributed by atoms with E-state index in [1.807, 2.05) is 31.3 Å². The summed E-state index contributed by atoms with van der Waals surface area (Å²) in [5.74, 6) is 1.39. The standard InChI is InChI=1S/C14H21NO3S/c1-15-10-14(7-8-19(16,17)11-14)9-12-5-3-4-6-13(12)18-2/h3-6,15H,7-11H2,1-2H3. The van der Waals surface area contributed by atoms with Crippen molar-refractivity contribution in [1.82, 2.24) is 5.32 Å². The number of para-hydroxylation sites is 1. The van der Waals surface area contributed by atoms with Crippen molar-refractivity contribution in [1.29, 1.82) is 0 Å². The first kappa shape index (κ1) is 14.3. The fourth-order valence-electron chi connectivity index (χ4n) is 2.95. The van der Waals surface area contributed by atoms with Crippen molar-refractivity contribution in [3.63, 3.8) is 0 Å². The minimum atomic E-state index is -2.90. The summed E-state index contributed by atoms with van der Waals surface area (Å²) < 4.78 is 29.0. The van der Waals surface area contributed by atoms with Crippen molar-refractivity contribution in [3.05, 3.63) is 29.8 Å². The van der Waals surface area contributed by atoms with E-state index in [1.54, 1.807) is 7.11 Å². The van der Waals surface area contributed by atoms with Gasteiger partial charge in [-0.2, -0.15) is 0 Å². The molecule has 1 aliphatic heterocycles. The summed E-state index contributed by atoms with van der Waals surface area (Å²) in [7, 11) is 0.621. The topological polar surface area (TPSA) is 55.4 Å². The van der Waals surface area contributed by atoms with Gasteiger partial charge in [-0.05, 0) is 31.5 Å². The number of benzene rings is 1. The smallest absolute Gasteiger partial charge is 0.150 e. The highest BCUT2D eigenvalue weighted by Crippen LogP contribution is 2.37. The van der Waals surface area contributed by atoms with Gasteiger partial charge in [0.25, 0.3) is 0 Å². The number of hydrogen-bond acceptors (Lipinski definition) is 4. The van der Waals surface area contributed by atoms with Crippen molar-refractivity contribution in [3.8, 4) is 5.75 Å². The number of nitrogens with one attached hydrogen (secondary N) is 1. The molecule has 0 radical (unpaired) electrons. The van der Waals surface area contributed by atoms with Gasteiger partial charge in [0.2, 0.25) is 0 Å². The minimum Gasteiger partial charge on any atom is -0.496 e. The quantitative estimate of drug-likeness (QED) is 0.884. The molecule has 1 saturated heterocycles. The molecule has 1 N–H and O–H groups in total. The van der Waals surface area contributed by atoms with Crippen LogP contribution in [0, 0.1) is 5.41 Å². The number of sulfone groups is 1. The van der Waals surface area contributed by atoms with Crippen LogP contribution in [0.2, 0.25) is 0 Å². The van der Waals surface area contributed by atoms with E-state index in [9.17, 15) is 8.42 Å². The summed E-state index contributed by atoms with van der Waals surface area (Å²) in [6.45, 7) is 0.713. The third-order valence-electron chi connectivity index (χ3n) is 3.78. The van der Waals surface area contributed by atoms with Crippen LogP contribution >= 0.6 is 0 Å². The molecule has 0 amide bonds. The summed E-state index contributed by atoms with van der Waals surface area (Å²) in [5, 5.41) is 3.14. The van der Waals surface area contributed by atoms with Gasteiger partial charge in [0, 0.05) is 12.0 Å². The molecule has 0 spiro atoms. The fourth-order valence-corrected chi connectivity index (χ4v) is 5.12. The molecule has 19 heavy (non-hydrogen) atoms. The van der Waals surface area contributed by atoms with Gasteiger partial charge in [-0.1, -0.05) is 18.2 Å². The molecular formula is C14H21NO3S. The average Bonchev–Trinajstić information content (AvgIpc) is 2.66. The van der Waals surface area contributed by atoms with Crippen LogP contribution in [0.1, 0.15) is 12.0 Å². The van der Waals surface area contributed by atoms with Gasteiger partial charge in [-0.15, -0.1) is 0 Å². The van der Waals surface area contributed by atoms with Crippen LogP contribution in [-0.4, -0.2) is 40.6 Å². The summed E-state index contributed by atoms with van der Waals surface area (Å²) >= 11 is 0. The second kappa shape index (κ2) is 5.51. The van der Waals surface area contributed by atoms with Gasteiger partial charge in [0.05, 0.1) is 18.6 Å². The number of rotatable bonds is 5. The van der Waals surface area contributed by atoms with Crippen molar-refractivity contribution in [2.24, 2.45) is 5.41 Å². The van der Waals surface area contributed by atoms with E-state index >= 15 is 0 Å². The Balaban J connectivity index is 2.27. The van der Waals surface area contributed by atoms with Gasteiger partial charge in [0.15, 0.2) is 9.84 Å². The molecule has 1 aromatic rings. The first-order valence-electron chi connectivity index (χ1n) is 6.47. The molecule has 0 aliphatic carbocycles. The van der Waals surface area contributed by atoms with E-state index in [1.165, 1.54) is 0 Å². The SMILES string of the molecule is CNCC1(Cc2ccccc2OC)CCS(=O)(=O)C1. The van der Waals surface area contributed by atoms with E-state index < -0.39 is 9.84 Å². The number of methoxy groups -OCH3 is 1. The molecule has 1 fully saturated rings. The Morgan fingerprint density at radius 3 is 2.68 bits per heavy atom. The summed E-state index contributed by atoms with van der Waals surface area (Å²) in [4.78, 5) is 0. The first-order valence-corrected chi connectivity index (χ1v) is 8.29. The second-order valence-electron chi connectivity index (χ2n) is 5.36. The largest absolute Gasteiger partial charge is 0.496 e. The molecule has 1 unspecified atom stereocenters. The highest BCUT2D eigenvalue weighted by atomic mass is 32.2. The fraction of sp³-hybridized carbons (Fsp3) is 0.571. The van der Waals surface area contributed by atoms with Crippen LogP contribution in [-0.2, 0) is 16.3 Å². The third kappa shape index (κ3) is 3.28. The molecule has 1 aromatic carbocycles. The van der Waals surface area contributed by atoms with Crippen molar-refractivity contribution >= 4 is 9.84 Å². The zero-order valence-corrected chi connectivity index (χ0v) is 12.3. The lowest BCUT2D eigenvalue weighted by atomic mass is 9.81. The molecule has 1 heterocycles. The summed E-state index contributed by atoms with van der Waals surface area (Å²) in [5.41, 5.74) is 0.875. The summed E-state index contributed by atoms with van der Waals surface area (Å²) in [6.07, 6.45) is 1.45. The molecule has 106 valence electrons. The monoisotopic (exact) mass is 283 g/mol. The first-order chi connectivity index (χ1) is 9.00. The van der Waals surface area contributed by atoms with Crippen molar-refractivity contribution < 1.29 is 13.2 Å². The normalized spacial score (nSPS) is 25.4. The Hall–Kier alpha value is -1.07. The van der Waals surface area contributed by atoms with E-state index in [-0.39, 0.29) is 11.2 Å². The predicted octanol–water partition coefficient (Wildman–Crippen LogP) is 1.26. The maximum Gasteiger partial charge on any atom is 0.150 e. The Kier molecular flexibility index (Phi) is 4.16. The van der Waals surface area contributed by atoms with Crippen molar-refractivity contribution in [2.75, 3.05) is 32.2 Å². The summed E-state index contributed by atoms with van der Waals surface area (Å²) in [6, 6.07) is 7.83. The van der Waals surface area contributed by atoms with E-state index in [0.717, 1.165) is 17.7 Å². The Morgan fingerprint density at radius 2 is 2.11 bits per heavy atom. The highest BCUT2D eigenvalue weighted by Gasteiger charge is 2.42. The van der Waals surface area contributed by atoms with Crippen LogP contribution in [0.5, 0.6) is 5.75 Å². The van der Waals surface area contributed by atoms with Crippen LogP contribution in [0.25, 0.3) is 0 Å². The van der Waals surface area contributed by atoms with Gasteiger partial charge < -0.3 is 10.1 Å². The van der Waals surface area contributed by atoms with Gasteiger partial charge in [0.1, 0.15) is 5.75 Å². The lowest BCUT2D eigenvalue weighted by Crippen LogP contribution is -2.36. The zero-order valence-electron chi connectivity index (χ0n) is 11.5. The molecule has 0 saturated carbocycles. The lowest BCUT2D eigenvalue weighted by molar-refractivity contribution is 0.313. The number of ether oxygens (including phenoxy) is 1. The molecule has 0 aromatic heterocycles. The van der Waals surface area contributed by atoms with Crippen LogP contribution in [0.3, 0.4) is 0 Å². The van der Waals surface area contributed by atoms with E-state index in [2.05, 4.69) is 5.32 Å². The maximum atomic E-state index is 11.8. The van der Waals surface area contributed by atoms with Crippen LogP contribution in [0.15, 0.2) is 24.3 Å². The molecule has 5 heteroatoms. The molecule has 0 bridgehead atoms. The highest BCUT2D eigenvalue weighted by molar-refractivity contribution is 7.91. The predicted molar refractivity (Wildman–Crippen MR) is 76.3 cm³/mol. The van der Waals surface area contributed by atoms with E-state index in [0.29, 0.717) is 18.7 Å². The minimum absolute atomic E-state index is 0.206. The zero-order chi connectivity index (χ0) is 13.9. The maximum absolute atomic E-state index is 11.8. The molecule has 1 atom stereocenters. The van der Waals surface area contributed by atoms with E-state index in [4.69, 9.17) is 4.74 Å².